The van der Waals surface area contributed by atoms with Gasteiger partial charge in [-0.2, -0.15) is 0 Å². The zero-order chi connectivity index (χ0) is 8.91. The van der Waals surface area contributed by atoms with Crippen LogP contribution in [0.15, 0.2) is 12.7 Å². The number of hydrogen-bond acceptors (Lipinski definition) is 0. The smallest absolute Gasteiger partial charge is 0.0292 e. The van der Waals surface area contributed by atoms with E-state index in [1.54, 1.807) is 0 Å². The predicted molar refractivity (Wildman–Crippen MR) is 52.7 cm³/mol. The number of rotatable bonds is 5. The van der Waals surface area contributed by atoms with Gasteiger partial charge >= 0.3 is 0 Å². The van der Waals surface area contributed by atoms with E-state index in [1.165, 1.54) is 12.8 Å². The largest absolute Gasteiger partial charge is 0.103 e. The summed E-state index contributed by atoms with van der Waals surface area (Å²) in [6.07, 6.45) is 5.78. The molecule has 0 saturated heterocycles. The molecule has 0 N–H and O–H groups in total. The van der Waals surface area contributed by atoms with E-state index in [9.17, 15) is 0 Å². The highest BCUT2D eigenvalue weighted by atomic mass is 14.3. The van der Waals surface area contributed by atoms with Crippen LogP contribution in [-0.4, -0.2) is 0 Å². The minimum absolute atomic E-state index is 0.496. The van der Waals surface area contributed by atoms with E-state index < -0.39 is 0 Å². The van der Waals surface area contributed by atoms with Gasteiger partial charge in [-0.25, -0.2) is 0 Å². The monoisotopic (exact) mass is 154 g/mol. The SMILES string of the molecule is C=CCC(C)(CC)CC(C)C. The third kappa shape index (κ3) is 4.23. The molecule has 0 aliphatic carbocycles. The van der Waals surface area contributed by atoms with Gasteiger partial charge in [-0.15, -0.1) is 6.58 Å². The number of allylic oxidation sites excluding steroid dienone is 1. The van der Waals surface area contributed by atoms with Gasteiger partial charge < -0.3 is 0 Å². The molecule has 0 aromatic heterocycles. The fraction of sp³-hybridized carbons (Fsp3) is 0.818. The summed E-state index contributed by atoms with van der Waals surface area (Å²) in [5.41, 5.74) is 0.496. The minimum atomic E-state index is 0.496. The lowest BCUT2D eigenvalue weighted by Crippen LogP contribution is -2.16. The second-order valence-electron chi connectivity index (χ2n) is 4.25. The standard InChI is InChI=1S/C11H22/c1-6-8-11(5,7-2)9-10(3)4/h6,10H,1,7-9H2,2-5H3. The molecule has 0 heterocycles. The van der Waals surface area contributed by atoms with Crippen molar-refractivity contribution >= 4 is 0 Å². The second-order valence-corrected chi connectivity index (χ2v) is 4.25. The highest BCUT2D eigenvalue weighted by Crippen LogP contribution is 2.33. The predicted octanol–water partition coefficient (Wildman–Crippen LogP) is 4.02. The molecule has 1 unspecified atom stereocenters. The van der Waals surface area contributed by atoms with Gasteiger partial charge in [0.15, 0.2) is 0 Å². The summed E-state index contributed by atoms with van der Waals surface area (Å²) in [5, 5.41) is 0. The van der Waals surface area contributed by atoms with Gasteiger partial charge in [-0.05, 0) is 24.2 Å². The first-order valence-corrected chi connectivity index (χ1v) is 4.65. The molecule has 0 aromatic carbocycles. The van der Waals surface area contributed by atoms with Gasteiger partial charge in [0.1, 0.15) is 0 Å². The zero-order valence-corrected chi connectivity index (χ0v) is 8.48. The summed E-state index contributed by atoms with van der Waals surface area (Å²) >= 11 is 0. The highest BCUT2D eigenvalue weighted by molar-refractivity contribution is 4.82. The average Bonchev–Trinajstić information content (AvgIpc) is 1.87. The molecule has 0 bridgehead atoms. The lowest BCUT2D eigenvalue weighted by molar-refractivity contribution is 0.249. The van der Waals surface area contributed by atoms with E-state index in [2.05, 4.69) is 34.3 Å². The van der Waals surface area contributed by atoms with E-state index in [4.69, 9.17) is 0 Å². The molecule has 0 fully saturated rings. The van der Waals surface area contributed by atoms with E-state index in [0.717, 1.165) is 12.3 Å². The molecule has 0 spiro atoms. The van der Waals surface area contributed by atoms with Crippen LogP contribution in [-0.2, 0) is 0 Å². The topological polar surface area (TPSA) is 0 Å². The Kier molecular flexibility index (Phi) is 4.48. The molecular weight excluding hydrogens is 132 g/mol. The molecule has 0 rings (SSSR count). The first-order chi connectivity index (χ1) is 5.04. The van der Waals surface area contributed by atoms with Gasteiger partial charge in [0.05, 0.1) is 0 Å². The first kappa shape index (κ1) is 10.7. The van der Waals surface area contributed by atoms with Crippen LogP contribution in [0.4, 0.5) is 0 Å². The fourth-order valence-electron chi connectivity index (χ4n) is 1.71. The quantitative estimate of drug-likeness (QED) is 0.524. The summed E-state index contributed by atoms with van der Waals surface area (Å²) in [5.74, 6) is 0.805. The van der Waals surface area contributed by atoms with Crippen LogP contribution in [0, 0.1) is 11.3 Å². The first-order valence-electron chi connectivity index (χ1n) is 4.65. The van der Waals surface area contributed by atoms with Crippen molar-refractivity contribution in [2.45, 2.75) is 47.0 Å². The second kappa shape index (κ2) is 4.58. The van der Waals surface area contributed by atoms with Crippen molar-refractivity contribution in [1.29, 1.82) is 0 Å². The lowest BCUT2D eigenvalue weighted by atomic mass is 9.77. The Morgan fingerprint density at radius 3 is 2.27 bits per heavy atom. The van der Waals surface area contributed by atoms with Crippen molar-refractivity contribution < 1.29 is 0 Å². The summed E-state index contributed by atoms with van der Waals surface area (Å²) in [7, 11) is 0. The maximum absolute atomic E-state index is 3.80. The Bertz CT molecular complexity index is 113. The van der Waals surface area contributed by atoms with E-state index >= 15 is 0 Å². The van der Waals surface area contributed by atoms with Crippen molar-refractivity contribution in [3.63, 3.8) is 0 Å². The van der Waals surface area contributed by atoms with E-state index in [1.807, 2.05) is 6.08 Å². The van der Waals surface area contributed by atoms with Crippen molar-refractivity contribution in [2.75, 3.05) is 0 Å². The molecule has 0 aliphatic rings. The summed E-state index contributed by atoms with van der Waals surface area (Å²) in [4.78, 5) is 0. The molecule has 0 heteroatoms. The molecule has 0 aliphatic heterocycles. The molecule has 11 heavy (non-hydrogen) atoms. The Balaban J connectivity index is 3.97. The maximum atomic E-state index is 3.80. The summed E-state index contributed by atoms with van der Waals surface area (Å²) in [6.45, 7) is 13.0. The zero-order valence-electron chi connectivity index (χ0n) is 8.48. The molecule has 0 nitrogen and oxygen atoms in total. The van der Waals surface area contributed by atoms with Crippen LogP contribution >= 0.6 is 0 Å². The van der Waals surface area contributed by atoms with Crippen molar-refractivity contribution in [3.8, 4) is 0 Å². The van der Waals surface area contributed by atoms with E-state index in [-0.39, 0.29) is 0 Å². The molecule has 0 aromatic rings. The van der Waals surface area contributed by atoms with Crippen molar-refractivity contribution in [2.24, 2.45) is 11.3 Å². The van der Waals surface area contributed by atoms with Gasteiger partial charge in [-0.1, -0.05) is 40.2 Å². The van der Waals surface area contributed by atoms with Gasteiger partial charge in [0.25, 0.3) is 0 Å². The van der Waals surface area contributed by atoms with Gasteiger partial charge in [0.2, 0.25) is 0 Å². The van der Waals surface area contributed by atoms with Crippen LogP contribution in [0.3, 0.4) is 0 Å². The molecule has 0 amide bonds. The third-order valence-corrected chi connectivity index (χ3v) is 2.39. The average molecular weight is 154 g/mol. The van der Waals surface area contributed by atoms with Gasteiger partial charge in [0, 0.05) is 0 Å². The summed E-state index contributed by atoms with van der Waals surface area (Å²) < 4.78 is 0. The van der Waals surface area contributed by atoms with Gasteiger partial charge in [-0.3, -0.25) is 0 Å². The number of hydrogen-bond donors (Lipinski definition) is 0. The van der Waals surface area contributed by atoms with Crippen LogP contribution in [0.5, 0.6) is 0 Å². The Hall–Kier alpha value is -0.260. The van der Waals surface area contributed by atoms with Crippen molar-refractivity contribution in [3.05, 3.63) is 12.7 Å². The van der Waals surface area contributed by atoms with Crippen LogP contribution in [0.25, 0.3) is 0 Å². The fourth-order valence-corrected chi connectivity index (χ4v) is 1.71. The van der Waals surface area contributed by atoms with Crippen LogP contribution in [0.2, 0.25) is 0 Å². The molecular formula is C11H22. The highest BCUT2D eigenvalue weighted by Gasteiger charge is 2.21. The Morgan fingerprint density at radius 2 is 2.00 bits per heavy atom. The Morgan fingerprint density at radius 1 is 1.45 bits per heavy atom. The Labute approximate surface area is 71.7 Å². The normalized spacial score (nSPS) is 16.5. The van der Waals surface area contributed by atoms with Crippen molar-refractivity contribution in [1.82, 2.24) is 0 Å². The molecule has 0 radical (unpaired) electrons. The summed E-state index contributed by atoms with van der Waals surface area (Å²) in [6, 6.07) is 0. The van der Waals surface area contributed by atoms with Crippen LogP contribution < -0.4 is 0 Å². The molecule has 0 saturated carbocycles. The minimum Gasteiger partial charge on any atom is -0.103 e. The molecule has 66 valence electrons. The third-order valence-electron chi connectivity index (χ3n) is 2.39. The maximum Gasteiger partial charge on any atom is -0.0292 e. The van der Waals surface area contributed by atoms with Crippen LogP contribution in [0.1, 0.15) is 47.0 Å². The van der Waals surface area contributed by atoms with E-state index in [0.29, 0.717) is 5.41 Å². The lowest BCUT2D eigenvalue weighted by Gasteiger charge is -2.28. The molecule has 1 atom stereocenters.